The maximum atomic E-state index is 12.9. The van der Waals surface area contributed by atoms with E-state index in [4.69, 9.17) is 4.74 Å². The molecule has 1 aliphatic heterocycles. The Labute approximate surface area is 183 Å². The molecule has 0 saturated carbocycles. The summed E-state index contributed by atoms with van der Waals surface area (Å²) >= 11 is 1.55. The Balaban J connectivity index is 1.23. The van der Waals surface area contributed by atoms with Gasteiger partial charge in [-0.25, -0.2) is 4.98 Å². The first-order valence-electron chi connectivity index (χ1n) is 10.1. The molecule has 1 fully saturated rings. The minimum atomic E-state index is 0.0656. The van der Waals surface area contributed by atoms with Crippen molar-refractivity contribution in [2.24, 2.45) is 0 Å². The van der Waals surface area contributed by atoms with Crippen molar-refractivity contribution in [3.05, 3.63) is 65.7 Å². The van der Waals surface area contributed by atoms with E-state index in [0.29, 0.717) is 18.7 Å². The number of benzene rings is 2. The van der Waals surface area contributed by atoms with Crippen LogP contribution in [0.3, 0.4) is 0 Å². The van der Waals surface area contributed by atoms with E-state index in [9.17, 15) is 4.79 Å². The Morgan fingerprint density at radius 3 is 2.48 bits per heavy atom. The lowest BCUT2D eigenvalue weighted by molar-refractivity contribution is 0.0746. The van der Waals surface area contributed by atoms with Crippen molar-refractivity contribution in [2.75, 3.05) is 38.2 Å². The molecule has 2 aromatic carbocycles. The second kappa shape index (κ2) is 8.31. The maximum absolute atomic E-state index is 12.9. The Hall–Kier alpha value is -3.52. The van der Waals surface area contributed by atoms with E-state index >= 15 is 0 Å². The highest BCUT2D eigenvalue weighted by molar-refractivity contribution is 7.16. The van der Waals surface area contributed by atoms with E-state index in [1.807, 2.05) is 59.5 Å². The zero-order valence-corrected chi connectivity index (χ0v) is 17.9. The summed E-state index contributed by atoms with van der Waals surface area (Å²) in [6.07, 6.45) is 0. The summed E-state index contributed by atoms with van der Waals surface area (Å²) in [7, 11) is 1.65. The van der Waals surface area contributed by atoms with Crippen LogP contribution in [0, 0.1) is 0 Å². The minimum absolute atomic E-state index is 0.0656. The average molecular weight is 432 g/mol. The van der Waals surface area contributed by atoms with Crippen molar-refractivity contribution in [1.82, 2.24) is 20.1 Å². The molecular formula is C23H21N5O2S. The molecule has 7 nitrogen and oxygen atoms in total. The maximum Gasteiger partial charge on any atom is 0.254 e. The number of hydrogen-bond acceptors (Lipinski definition) is 7. The summed E-state index contributed by atoms with van der Waals surface area (Å²) in [6, 6.07) is 17.4. The molecule has 4 aromatic rings. The average Bonchev–Trinajstić information content (AvgIpc) is 3.32. The minimum Gasteiger partial charge on any atom is -0.497 e. The van der Waals surface area contributed by atoms with Gasteiger partial charge in [-0.2, -0.15) is 0 Å². The van der Waals surface area contributed by atoms with Crippen LogP contribution in [0.15, 0.2) is 60.1 Å². The number of anilines is 1. The van der Waals surface area contributed by atoms with Crippen molar-refractivity contribution in [2.45, 2.75) is 0 Å². The largest absolute Gasteiger partial charge is 0.497 e. The lowest BCUT2D eigenvalue weighted by atomic mass is 10.1. The SMILES string of the molecule is COc1ccc(-c2ccc(N3CCN(C(=O)c4ccc5ncsc5c4)CC3)nn2)cc1. The van der Waals surface area contributed by atoms with E-state index in [2.05, 4.69) is 20.1 Å². The Morgan fingerprint density at radius 2 is 1.77 bits per heavy atom. The molecule has 1 amide bonds. The van der Waals surface area contributed by atoms with Crippen LogP contribution in [-0.4, -0.2) is 59.3 Å². The molecule has 0 bridgehead atoms. The predicted octanol–water partition coefficient (Wildman–Crippen LogP) is 3.72. The first kappa shape index (κ1) is 19.4. The summed E-state index contributed by atoms with van der Waals surface area (Å²) in [6.45, 7) is 2.76. The summed E-state index contributed by atoms with van der Waals surface area (Å²) in [5.41, 5.74) is 5.27. The number of piperazine rings is 1. The molecule has 8 heteroatoms. The molecule has 0 aliphatic carbocycles. The summed E-state index contributed by atoms with van der Waals surface area (Å²) in [5, 5.41) is 8.80. The lowest BCUT2D eigenvalue weighted by Crippen LogP contribution is -2.49. The second-order valence-electron chi connectivity index (χ2n) is 7.32. The van der Waals surface area contributed by atoms with Crippen LogP contribution in [0.5, 0.6) is 5.75 Å². The first-order valence-corrected chi connectivity index (χ1v) is 10.9. The summed E-state index contributed by atoms with van der Waals surface area (Å²) in [4.78, 5) is 21.3. The summed E-state index contributed by atoms with van der Waals surface area (Å²) in [5.74, 6) is 1.71. The van der Waals surface area contributed by atoms with E-state index in [0.717, 1.165) is 46.1 Å². The number of nitrogens with zero attached hydrogens (tertiary/aromatic N) is 5. The third kappa shape index (κ3) is 3.94. The van der Waals surface area contributed by atoms with Gasteiger partial charge in [0, 0.05) is 37.3 Å². The number of methoxy groups -OCH3 is 1. The fraction of sp³-hybridized carbons (Fsp3) is 0.217. The molecule has 0 unspecified atom stereocenters. The number of thiazole rings is 1. The van der Waals surface area contributed by atoms with Crippen LogP contribution in [0.4, 0.5) is 5.82 Å². The molecule has 3 heterocycles. The molecule has 0 radical (unpaired) electrons. The van der Waals surface area contributed by atoms with Crippen molar-refractivity contribution in [1.29, 1.82) is 0 Å². The number of ether oxygens (including phenoxy) is 1. The first-order chi connectivity index (χ1) is 15.2. The number of carbonyl (C=O) groups excluding carboxylic acids is 1. The number of rotatable bonds is 4. The van der Waals surface area contributed by atoms with Gasteiger partial charge in [-0.05, 0) is 54.6 Å². The van der Waals surface area contributed by atoms with E-state index in [1.54, 1.807) is 24.0 Å². The van der Waals surface area contributed by atoms with Gasteiger partial charge in [-0.15, -0.1) is 21.5 Å². The van der Waals surface area contributed by atoms with Gasteiger partial charge in [-0.3, -0.25) is 4.79 Å². The quantitative estimate of drug-likeness (QED) is 0.490. The van der Waals surface area contributed by atoms with Gasteiger partial charge in [0.05, 0.1) is 28.5 Å². The topological polar surface area (TPSA) is 71.5 Å². The van der Waals surface area contributed by atoms with Crippen LogP contribution in [-0.2, 0) is 0 Å². The zero-order valence-electron chi connectivity index (χ0n) is 17.1. The molecule has 0 N–H and O–H groups in total. The van der Waals surface area contributed by atoms with Crippen LogP contribution < -0.4 is 9.64 Å². The number of aromatic nitrogens is 3. The molecule has 1 aliphatic rings. The zero-order chi connectivity index (χ0) is 21.2. The standard InChI is InChI=1S/C23H21N5O2S/c1-30-18-5-2-16(3-6-18)19-8-9-22(26-25-19)27-10-12-28(13-11-27)23(29)17-4-7-20-21(14-17)31-15-24-20/h2-9,14-15H,10-13H2,1H3. The summed E-state index contributed by atoms with van der Waals surface area (Å²) < 4.78 is 6.24. The second-order valence-corrected chi connectivity index (χ2v) is 8.21. The Kier molecular flexibility index (Phi) is 5.21. The van der Waals surface area contributed by atoms with Gasteiger partial charge in [0.1, 0.15) is 5.75 Å². The highest BCUT2D eigenvalue weighted by Crippen LogP contribution is 2.23. The van der Waals surface area contributed by atoms with Crippen LogP contribution in [0.2, 0.25) is 0 Å². The number of amides is 1. The highest BCUT2D eigenvalue weighted by atomic mass is 32.1. The van der Waals surface area contributed by atoms with Gasteiger partial charge in [0.25, 0.3) is 5.91 Å². The number of hydrogen-bond donors (Lipinski definition) is 0. The third-order valence-electron chi connectivity index (χ3n) is 5.51. The van der Waals surface area contributed by atoms with Crippen LogP contribution >= 0.6 is 11.3 Å². The number of carbonyl (C=O) groups is 1. The van der Waals surface area contributed by atoms with Crippen LogP contribution in [0.1, 0.15) is 10.4 Å². The van der Waals surface area contributed by atoms with Crippen molar-refractivity contribution >= 4 is 33.3 Å². The van der Waals surface area contributed by atoms with E-state index in [1.165, 1.54) is 0 Å². The molecule has 156 valence electrons. The molecule has 2 aromatic heterocycles. The monoisotopic (exact) mass is 431 g/mol. The smallest absolute Gasteiger partial charge is 0.254 e. The molecule has 0 spiro atoms. The van der Waals surface area contributed by atoms with Crippen molar-refractivity contribution < 1.29 is 9.53 Å². The Bertz CT molecular complexity index is 1200. The van der Waals surface area contributed by atoms with Gasteiger partial charge in [0.15, 0.2) is 5.82 Å². The molecule has 1 saturated heterocycles. The van der Waals surface area contributed by atoms with Gasteiger partial charge >= 0.3 is 0 Å². The van der Waals surface area contributed by atoms with E-state index in [-0.39, 0.29) is 5.91 Å². The lowest BCUT2D eigenvalue weighted by Gasteiger charge is -2.35. The normalized spacial score (nSPS) is 14.1. The van der Waals surface area contributed by atoms with Gasteiger partial charge in [0.2, 0.25) is 0 Å². The fourth-order valence-electron chi connectivity index (χ4n) is 3.72. The third-order valence-corrected chi connectivity index (χ3v) is 6.30. The van der Waals surface area contributed by atoms with Crippen molar-refractivity contribution in [3.63, 3.8) is 0 Å². The highest BCUT2D eigenvalue weighted by Gasteiger charge is 2.23. The van der Waals surface area contributed by atoms with Crippen molar-refractivity contribution in [3.8, 4) is 17.0 Å². The molecule has 31 heavy (non-hydrogen) atoms. The molecule has 5 rings (SSSR count). The van der Waals surface area contributed by atoms with E-state index < -0.39 is 0 Å². The predicted molar refractivity (Wildman–Crippen MR) is 122 cm³/mol. The molecule has 0 atom stereocenters. The Morgan fingerprint density at radius 1 is 0.968 bits per heavy atom. The van der Waals surface area contributed by atoms with Crippen LogP contribution in [0.25, 0.3) is 21.5 Å². The fourth-order valence-corrected chi connectivity index (χ4v) is 4.44. The van der Waals surface area contributed by atoms with Gasteiger partial charge < -0.3 is 14.5 Å². The molecular weight excluding hydrogens is 410 g/mol. The van der Waals surface area contributed by atoms with Gasteiger partial charge in [-0.1, -0.05) is 0 Å². The number of fused-ring (bicyclic) bond motifs is 1.